The van der Waals surface area contributed by atoms with Crippen molar-refractivity contribution >= 4 is 11.7 Å². The molecule has 0 aliphatic carbocycles. The zero-order chi connectivity index (χ0) is 14.1. The van der Waals surface area contributed by atoms with Crippen molar-refractivity contribution in [2.75, 3.05) is 18.8 Å². The van der Waals surface area contributed by atoms with Gasteiger partial charge in [-0.3, -0.25) is 9.78 Å². The Kier molecular flexibility index (Phi) is 6.12. The molecule has 1 heterocycles. The summed E-state index contributed by atoms with van der Waals surface area (Å²) >= 11 is 0. The Bertz CT molecular complexity index is 541. The molecule has 1 amide bonds. The predicted octanol–water partition coefficient (Wildman–Crippen LogP) is -1.25. The molecule has 1 aromatic rings. The van der Waals surface area contributed by atoms with Gasteiger partial charge in [-0.25, -0.2) is 9.78 Å². The lowest BCUT2D eigenvalue weighted by Crippen LogP contribution is -2.23. The monoisotopic (exact) mass is 263 g/mol. The topological polar surface area (TPSA) is 127 Å². The summed E-state index contributed by atoms with van der Waals surface area (Å²) in [4.78, 5) is 28.0. The van der Waals surface area contributed by atoms with E-state index in [1.54, 1.807) is 0 Å². The van der Waals surface area contributed by atoms with Crippen LogP contribution in [0.25, 0.3) is 0 Å². The van der Waals surface area contributed by atoms with Crippen molar-refractivity contribution in [1.82, 2.24) is 15.3 Å². The summed E-state index contributed by atoms with van der Waals surface area (Å²) in [6, 6.07) is 0. The third-order valence-electron chi connectivity index (χ3n) is 2.31. The number of nitrogens with zero attached hydrogens (tertiary/aromatic N) is 1. The SMILES string of the molecule is NCCCC(=O)NCC#CCc1cnc(=O)[nH]c1N. The number of carbonyl (C=O) groups is 1. The third kappa shape index (κ3) is 5.70. The van der Waals surface area contributed by atoms with Crippen LogP contribution < -0.4 is 22.5 Å². The second-order valence-corrected chi connectivity index (χ2v) is 3.83. The Morgan fingerprint density at radius 2 is 2.26 bits per heavy atom. The molecule has 0 aliphatic rings. The van der Waals surface area contributed by atoms with E-state index in [-0.39, 0.29) is 18.3 Å². The van der Waals surface area contributed by atoms with Gasteiger partial charge in [-0.1, -0.05) is 11.8 Å². The number of nitrogen functional groups attached to an aromatic ring is 1. The van der Waals surface area contributed by atoms with Crippen molar-refractivity contribution in [3.63, 3.8) is 0 Å². The highest BCUT2D eigenvalue weighted by molar-refractivity contribution is 5.76. The normalized spacial score (nSPS) is 9.53. The van der Waals surface area contributed by atoms with E-state index in [0.717, 1.165) is 0 Å². The first-order valence-electron chi connectivity index (χ1n) is 5.89. The van der Waals surface area contributed by atoms with Crippen LogP contribution in [0.1, 0.15) is 18.4 Å². The van der Waals surface area contributed by atoms with Crippen molar-refractivity contribution in [2.24, 2.45) is 5.73 Å². The molecule has 7 heteroatoms. The van der Waals surface area contributed by atoms with E-state index in [1.165, 1.54) is 6.20 Å². The Morgan fingerprint density at radius 3 is 2.95 bits per heavy atom. The maximum absolute atomic E-state index is 11.2. The standard InChI is InChI=1S/C12H17N5O2/c13-6-3-5-10(18)15-7-2-1-4-9-8-16-12(19)17-11(9)14/h8H,3-7,13H2,(H,15,18)(H3,14,16,17,19). The van der Waals surface area contributed by atoms with E-state index >= 15 is 0 Å². The largest absolute Gasteiger partial charge is 0.385 e. The maximum atomic E-state index is 11.2. The number of amides is 1. The highest BCUT2D eigenvalue weighted by atomic mass is 16.1. The molecule has 0 radical (unpaired) electrons. The molecule has 0 fully saturated rings. The van der Waals surface area contributed by atoms with Crippen LogP contribution in [0.4, 0.5) is 5.82 Å². The van der Waals surface area contributed by atoms with Gasteiger partial charge in [0.1, 0.15) is 5.82 Å². The molecule has 0 spiro atoms. The molecule has 7 nitrogen and oxygen atoms in total. The van der Waals surface area contributed by atoms with Gasteiger partial charge in [0.15, 0.2) is 0 Å². The summed E-state index contributed by atoms with van der Waals surface area (Å²) < 4.78 is 0. The zero-order valence-corrected chi connectivity index (χ0v) is 10.5. The van der Waals surface area contributed by atoms with E-state index < -0.39 is 5.69 Å². The second-order valence-electron chi connectivity index (χ2n) is 3.83. The molecule has 19 heavy (non-hydrogen) atoms. The minimum atomic E-state index is -0.485. The van der Waals surface area contributed by atoms with Gasteiger partial charge < -0.3 is 16.8 Å². The van der Waals surface area contributed by atoms with Crippen molar-refractivity contribution < 1.29 is 4.79 Å². The van der Waals surface area contributed by atoms with Crippen LogP contribution in [0.2, 0.25) is 0 Å². The number of carbonyl (C=O) groups excluding carboxylic acids is 1. The number of H-pyrrole nitrogens is 1. The van der Waals surface area contributed by atoms with Crippen LogP contribution in [-0.4, -0.2) is 29.0 Å². The summed E-state index contributed by atoms with van der Waals surface area (Å²) in [5.41, 5.74) is 11.1. The Labute approximate surface area is 110 Å². The van der Waals surface area contributed by atoms with E-state index in [1.807, 2.05) is 0 Å². The molecule has 1 aromatic heterocycles. The first-order chi connectivity index (χ1) is 9.13. The molecule has 0 bridgehead atoms. The lowest BCUT2D eigenvalue weighted by atomic mass is 10.2. The Balaban J connectivity index is 2.35. The molecule has 1 rings (SSSR count). The van der Waals surface area contributed by atoms with Crippen LogP contribution in [0.3, 0.4) is 0 Å². The number of hydrogen-bond acceptors (Lipinski definition) is 5. The number of nitrogens with two attached hydrogens (primary N) is 2. The fourth-order valence-electron chi connectivity index (χ4n) is 1.29. The minimum Gasteiger partial charge on any atom is -0.385 e. The number of rotatable bonds is 5. The summed E-state index contributed by atoms with van der Waals surface area (Å²) in [5.74, 6) is 5.84. The highest BCUT2D eigenvalue weighted by Crippen LogP contribution is 2.02. The van der Waals surface area contributed by atoms with Gasteiger partial charge in [0, 0.05) is 24.6 Å². The van der Waals surface area contributed by atoms with Gasteiger partial charge in [-0.15, -0.1) is 0 Å². The highest BCUT2D eigenvalue weighted by Gasteiger charge is 1.99. The first kappa shape index (κ1) is 14.7. The third-order valence-corrected chi connectivity index (χ3v) is 2.31. The van der Waals surface area contributed by atoms with Crippen molar-refractivity contribution in [2.45, 2.75) is 19.3 Å². The van der Waals surface area contributed by atoms with Crippen LogP contribution in [0.15, 0.2) is 11.0 Å². The van der Waals surface area contributed by atoms with Crippen LogP contribution in [0, 0.1) is 11.8 Å². The van der Waals surface area contributed by atoms with Gasteiger partial charge >= 0.3 is 5.69 Å². The molecule has 6 N–H and O–H groups in total. The lowest BCUT2D eigenvalue weighted by Gasteiger charge is -1.99. The fraction of sp³-hybridized carbons (Fsp3) is 0.417. The van der Waals surface area contributed by atoms with Gasteiger partial charge in [0.05, 0.1) is 6.54 Å². The summed E-state index contributed by atoms with van der Waals surface area (Å²) in [5, 5.41) is 2.65. The molecule has 0 aliphatic heterocycles. The lowest BCUT2D eigenvalue weighted by molar-refractivity contribution is -0.120. The minimum absolute atomic E-state index is 0.0648. The molecule has 102 valence electrons. The Morgan fingerprint density at radius 1 is 1.47 bits per heavy atom. The number of hydrogen-bond donors (Lipinski definition) is 4. The maximum Gasteiger partial charge on any atom is 0.346 e. The summed E-state index contributed by atoms with van der Waals surface area (Å²) in [7, 11) is 0. The van der Waals surface area contributed by atoms with E-state index in [2.05, 4.69) is 27.1 Å². The molecular weight excluding hydrogens is 246 g/mol. The fourth-order valence-corrected chi connectivity index (χ4v) is 1.29. The quantitative estimate of drug-likeness (QED) is 0.494. The molecule has 0 saturated carbocycles. The van der Waals surface area contributed by atoms with Crippen LogP contribution in [-0.2, 0) is 11.2 Å². The second kappa shape index (κ2) is 7.89. The van der Waals surface area contributed by atoms with E-state index in [4.69, 9.17) is 11.5 Å². The Hall–Kier alpha value is -2.33. The van der Waals surface area contributed by atoms with Gasteiger partial charge in [0.25, 0.3) is 0 Å². The van der Waals surface area contributed by atoms with Crippen molar-refractivity contribution in [1.29, 1.82) is 0 Å². The van der Waals surface area contributed by atoms with Crippen molar-refractivity contribution in [3.8, 4) is 11.8 Å². The van der Waals surface area contributed by atoms with Gasteiger partial charge in [-0.05, 0) is 13.0 Å². The van der Waals surface area contributed by atoms with Crippen LogP contribution in [0.5, 0.6) is 0 Å². The summed E-state index contributed by atoms with van der Waals surface area (Å²) in [6.07, 6.45) is 2.84. The smallest absolute Gasteiger partial charge is 0.346 e. The molecule has 0 unspecified atom stereocenters. The number of aromatic amines is 1. The predicted molar refractivity (Wildman–Crippen MR) is 72.0 cm³/mol. The van der Waals surface area contributed by atoms with Crippen molar-refractivity contribution in [3.05, 3.63) is 22.2 Å². The zero-order valence-electron chi connectivity index (χ0n) is 10.5. The molecule has 0 atom stereocenters. The van der Waals surface area contributed by atoms with E-state index in [9.17, 15) is 9.59 Å². The average Bonchev–Trinajstić information content (AvgIpc) is 2.38. The number of anilines is 1. The molecule has 0 aromatic carbocycles. The number of aromatic nitrogens is 2. The first-order valence-corrected chi connectivity index (χ1v) is 5.89. The number of nitrogens with one attached hydrogen (secondary N) is 2. The molecular formula is C12H17N5O2. The van der Waals surface area contributed by atoms with Crippen LogP contribution >= 0.6 is 0 Å². The summed E-state index contributed by atoms with van der Waals surface area (Å²) in [6.45, 7) is 0.775. The van der Waals surface area contributed by atoms with Gasteiger partial charge in [0.2, 0.25) is 5.91 Å². The molecule has 0 saturated heterocycles. The van der Waals surface area contributed by atoms with Gasteiger partial charge in [-0.2, -0.15) is 0 Å². The average molecular weight is 263 g/mol. The van der Waals surface area contributed by atoms with E-state index in [0.29, 0.717) is 31.4 Å².